The van der Waals surface area contributed by atoms with E-state index in [1.807, 2.05) is 39.0 Å². The van der Waals surface area contributed by atoms with Gasteiger partial charge in [-0.1, -0.05) is 39.0 Å². The topological polar surface area (TPSA) is 113 Å². The lowest BCUT2D eigenvalue weighted by molar-refractivity contribution is 0.0960. The van der Waals surface area contributed by atoms with Gasteiger partial charge < -0.3 is 15.7 Å². The first-order valence-corrected chi connectivity index (χ1v) is 11.8. The van der Waals surface area contributed by atoms with Crippen LogP contribution < -0.4 is 10.6 Å². The number of pyridine rings is 2. The number of nitrogens with zero attached hydrogens (tertiary/aromatic N) is 4. The number of hydrogen-bond donors (Lipinski definition) is 3. The number of nitrogens with one attached hydrogen (secondary N) is 2. The van der Waals surface area contributed by atoms with Crippen LogP contribution in [0.2, 0.25) is 0 Å². The summed E-state index contributed by atoms with van der Waals surface area (Å²) in [6.45, 7) is 6.44. The number of aromatic nitrogens is 4. The van der Waals surface area contributed by atoms with Gasteiger partial charge in [0.2, 0.25) is 0 Å². The second kappa shape index (κ2) is 10.7. The van der Waals surface area contributed by atoms with E-state index in [-0.39, 0.29) is 17.4 Å². The second-order valence-corrected chi connectivity index (χ2v) is 9.03. The fraction of sp³-hybridized carbons (Fsp3) is 0.296. The van der Waals surface area contributed by atoms with Crippen LogP contribution in [0.15, 0.2) is 55.1 Å². The maximum Gasteiger partial charge on any atom is 0.254 e. The Balaban J connectivity index is 1.53. The molecule has 1 amide bonds. The van der Waals surface area contributed by atoms with E-state index in [0.717, 1.165) is 17.3 Å². The monoisotopic (exact) mass is 488 g/mol. The number of carbonyl (C=O) groups is 1. The first-order chi connectivity index (χ1) is 17.3. The van der Waals surface area contributed by atoms with Crippen LogP contribution in [0.4, 0.5) is 10.2 Å². The van der Waals surface area contributed by atoms with E-state index in [1.54, 1.807) is 24.4 Å². The second-order valence-electron chi connectivity index (χ2n) is 9.03. The van der Waals surface area contributed by atoms with Gasteiger partial charge in [0.25, 0.3) is 5.91 Å². The number of rotatable bonds is 8. The van der Waals surface area contributed by atoms with Crippen LogP contribution in [0.5, 0.6) is 0 Å². The number of fused-ring (bicyclic) bond motifs is 1. The third-order valence-corrected chi connectivity index (χ3v) is 6.14. The standard InChI is InChI=1S/C27H29FN6O2/c1-15(2)26(35)21-9-8-17(12-30-21)22-10-23(34-14-33-22)31-11-16(3)18-6-5-7-19-24(27(36)29-4)20(28)13-32-25(18)19/h5-10,12-16,26,35H,11H2,1-4H3,(H,29,36)(H,31,33,34)/t16-,26?/m1/s1. The lowest BCUT2D eigenvalue weighted by Gasteiger charge is -2.17. The lowest BCUT2D eigenvalue weighted by atomic mass is 9.96. The minimum absolute atomic E-state index is 0.00880. The Kier molecular flexibility index (Phi) is 7.49. The molecule has 0 spiro atoms. The molecular weight excluding hydrogens is 459 g/mol. The Morgan fingerprint density at radius 2 is 1.86 bits per heavy atom. The molecule has 3 aromatic heterocycles. The van der Waals surface area contributed by atoms with Crippen LogP contribution in [-0.2, 0) is 0 Å². The largest absolute Gasteiger partial charge is 0.387 e. The zero-order valence-electron chi connectivity index (χ0n) is 20.7. The molecule has 0 saturated heterocycles. The van der Waals surface area contributed by atoms with E-state index in [1.165, 1.54) is 13.4 Å². The van der Waals surface area contributed by atoms with Crippen molar-refractivity contribution in [2.24, 2.45) is 5.92 Å². The SMILES string of the molecule is CNC(=O)c1c(F)cnc2c([C@H](C)CNc3cc(-c4ccc(C(O)C(C)C)nc4)ncn3)cccc12. The highest BCUT2D eigenvalue weighted by molar-refractivity contribution is 6.06. The van der Waals surface area contributed by atoms with E-state index < -0.39 is 17.8 Å². The van der Waals surface area contributed by atoms with Crippen molar-refractivity contribution in [1.82, 2.24) is 25.3 Å². The summed E-state index contributed by atoms with van der Waals surface area (Å²) in [5, 5.41) is 16.5. The molecule has 4 rings (SSSR count). The third-order valence-electron chi connectivity index (χ3n) is 6.14. The molecule has 0 bridgehead atoms. The molecule has 0 radical (unpaired) electrons. The van der Waals surface area contributed by atoms with Gasteiger partial charge in [0.1, 0.15) is 12.1 Å². The number of halogens is 1. The predicted octanol–water partition coefficient (Wildman–Crippen LogP) is 4.49. The zero-order chi connectivity index (χ0) is 25.8. The maximum atomic E-state index is 14.4. The van der Waals surface area contributed by atoms with Gasteiger partial charge in [-0.05, 0) is 23.6 Å². The normalized spacial score (nSPS) is 13.0. The number of anilines is 1. The highest BCUT2D eigenvalue weighted by atomic mass is 19.1. The summed E-state index contributed by atoms with van der Waals surface area (Å²) in [6, 6.07) is 11.0. The van der Waals surface area contributed by atoms with Crippen molar-refractivity contribution in [2.45, 2.75) is 32.8 Å². The van der Waals surface area contributed by atoms with Crippen LogP contribution in [0.1, 0.15) is 54.4 Å². The molecule has 0 aliphatic rings. The molecule has 9 heteroatoms. The molecular formula is C27H29FN6O2. The summed E-state index contributed by atoms with van der Waals surface area (Å²) in [5.41, 5.74) is 3.61. The molecule has 3 N–H and O–H groups in total. The summed E-state index contributed by atoms with van der Waals surface area (Å²) in [7, 11) is 1.47. The minimum Gasteiger partial charge on any atom is -0.387 e. The van der Waals surface area contributed by atoms with Gasteiger partial charge in [0.05, 0.1) is 34.8 Å². The quantitative estimate of drug-likeness (QED) is 0.335. The Morgan fingerprint density at radius 1 is 1.06 bits per heavy atom. The van der Waals surface area contributed by atoms with Crippen molar-refractivity contribution >= 4 is 22.6 Å². The average molecular weight is 489 g/mol. The van der Waals surface area contributed by atoms with Crippen LogP contribution in [-0.4, -0.2) is 44.5 Å². The predicted molar refractivity (Wildman–Crippen MR) is 137 cm³/mol. The molecule has 186 valence electrons. The molecule has 3 heterocycles. The van der Waals surface area contributed by atoms with Gasteiger partial charge in [-0.2, -0.15) is 0 Å². The molecule has 36 heavy (non-hydrogen) atoms. The van der Waals surface area contributed by atoms with E-state index in [2.05, 4.69) is 30.6 Å². The van der Waals surface area contributed by atoms with E-state index in [0.29, 0.717) is 34.7 Å². The number of para-hydroxylation sites is 1. The maximum absolute atomic E-state index is 14.4. The molecule has 0 aliphatic carbocycles. The van der Waals surface area contributed by atoms with Crippen molar-refractivity contribution in [3.8, 4) is 11.3 Å². The highest BCUT2D eigenvalue weighted by Gasteiger charge is 2.19. The fourth-order valence-electron chi connectivity index (χ4n) is 4.03. The van der Waals surface area contributed by atoms with Gasteiger partial charge in [-0.3, -0.25) is 14.8 Å². The molecule has 1 aromatic carbocycles. The van der Waals surface area contributed by atoms with Crippen molar-refractivity contribution in [3.05, 3.63) is 77.8 Å². The Labute approximate surface area is 209 Å². The summed E-state index contributed by atoms with van der Waals surface area (Å²) in [4.78, 5) is 29.6. The molecule has 0 fully saturated rings. The van der Waals surface area contributed by atoms with Gasteiger partial charge in [0.15, 0.2) is 5.82 Å². The number of amides is 1. The molecule has 0 aliphatic heterocycles. The number of aliphatic hydroxyl groups is 1. The Morgan fingerprint density at radius 3 is 2.56 bits per heavy atom. The summed E-state index contributed by atoms with van der Waals surface area (Å²) >= 11 is 0. The number of hydrogen-bond acceptors (Lipinski definition) is 7. The van der Waals surface area contributed by atoms with Crippen LogP contribution >= 0.6 is 0 Å². The average Bonchev–Trinajstić information content (AvgIpc) is 2.90. The number of carbonyl (C=O) groups excluding carboxylic acids is 1. The van der Waals surface area contributed by atoms with Crippen molar-refractivity contribution in [1.29, 1.82) is 0 Å². The van der Waals surface area contributed by atoms with Crippen LogP contribution in [0.25, 0.3) is 22.2 Å². The molecule has 1 unspecified atom stereocenters. The first-order valence-electron chi connectivity index (χ1n) is 11.8. The first kappa shape index (κ1) is 25.1. The molecule has 2 atom stereocenters. The van der Waals surface area contributed by atoms with Gasteiger partial charge in [-0.15, -0.1) is 0 Å². The smallest absolute Gasteiger partial charge is 0.254 e. The van der Waals surface area contributed by atoms with Crippen molar-refractivity contribution in [3.63, 3.8) is 0 Å². The Hall–Kier alpha value is -3.98. The Bertz CT molecular complexity index is 1380. The summed E-state index contributed by atoms with van der Waals surface area (Å²) in [6.07, 6.45) is 3.65. The van der Waals surface area contributed by atoms with E-state index in [4.69, 9.17) is 0 Å². The lowest BCUT2D eigenvalue weighted by Crippen LogP contribution is -2.20. The summed E-state index contributed by atoms with van der Waals surface area (Å²) < 4.78 is 14.4. The van der Waals surface area contributed by atoms with Gasteiger partial charge >= 0.3 is 0 Å². The molecule has 4 aromatic rings. The van der Waals surface area contributed by atoms with Crippen LogP contribution in [0, 0.1) is 11.7 Å². The molecule has 0 saturated carbocycles. The van der Waals surface area contributed by atoms with Gasteiger partial charge in [-0.25, -0.2) is 14.4 Å². The van der Waals surface area contributed by atoms with Gasteiger partial charge in [0, 0.05) is 42.7 Å². The summed E-state index contributed by atoms with van der Waals surface area (Å²) in [5.74, 6) is -0.437. The van der Waals surface area contributed by atoms with E-state index in [9.17, 15) is 14.3 Å². The minimum atomic E-state index is -0.653. The van der Waals surface area contributed by atoms with Crippen molar-refractivity contribution in [2.75, 3.05) is 18.9 Å². The number of benzene rings is 1. The zero-order valence-corrected chi connectivity index (χ0v) is 20.7. The fourth-order valence-corrected chi connectivity index (χ4v) is 4.03. The molecule has 8 nitrogen and oxygen atoms in total. The third kappa shape index (κ3) is 5.16. The number of aliphatic hydroxyl groups excluding tert-OH is 1. The van der Waals surface area contributed by atoms with E-state index >= 15 is 0 Å². The van der Waals surface area contributed by atoms with Crippen LogP contribution in [0.3, 0.4) is 0 Å². The highest BCUT2D eigenvalue weighted by Crippen LogP contribution is 2.28. The van der Waals surface area contributed by atoms with Crippen molar-refractivity contribution < 1.29 is 14.3 Å².